The van der Waals surface area contributed by atoms with Crippen LogP contribution >= 0.6 is 0 Å². The third-order valence-corrected chi connectivity index (χ3v) is 2.19. The van der Waals surface area contributed by atoms with E-state index in [2.05, 4.69) is 13.5 Å². The molecule has 52 valence electrons. The van der Waals surface area contributed by atoms with Crippen molar-refractivity contribution in [2.75, 3.05) is 0 Å². The molecule has 9 heavy (non-hydrogen) atoms. The van der Waals surface area contributed by atoms with Crippen molar-refractivity contribution in [1.82, 2.24) is 0 Å². The van der Waals surface area contributed by atoms with Crippen LogP contribution in [-0.2, 0) is 0 Å². The summed E-state index contributed by atoms with van der Waals surface area (Å²) in [5.74, 6) is 0.394. The highest BCUT2D eigenvalue weighted by Crippen LogP contribution is 2.31. The lowest BCUT2D eigenvalue weighted by atomic mass is 10.00. The molecule has 2 atom stereocenters. The number of rotatable bonds is 1. The Labute approximate surface area is 56.4 Å². The van der Waals surface area contributed by atoms with Gasteiger partial charge in [-0.25, -0.2) is 0 Å². The van der Waals surface area contributed by atoms with Gasteiger partial charge in [0, 0.05) is 5.92 Å². The minimum Gasteiger partial charge on any atom is -0.392 e. The molecule has 0 aromatic carbocycles. The Hall–Kier alpha value is -0.300. The third-order valence-electron chi connectivity index (χ3n) is 2.19. The molecule has 0 heterocycles. The Balaban J connectivity index is 2.55. The van der Waals surface area contributed by atoms with E-state index in [4.69, 9.17) is 0 Å². The summed E-state index contributed by atoms with van der Waals surface area (Å²) in [5.41, 5.74) is 1.24. The van der Waals surface area contributed by atoms with Gasteiger partial charge in [0.25, 0.3) is 0 Å². The molecule has 0 aromatic heterocycles. The zero-order chi connectivity index (χ0) is 6.85. The first-order valence-corrected chi connectivity index (χ1v) is 3.61. The molecule has 0 aromatic rings. The second kappa shape index (κ2) is 2.53. The molecule has 1 N–H and O–H groups in total. The molecule has 0 radical (unpaired) electrons. The van der Waals surface area contributed by atoms with Gasteiger partial charge in [-0.1, -0.05) is 19.1 Å². The van der Waals surface area contributed by atoms with E-state index >= 15 is 0 Å². The Bertz CT molecular complexity index is 118. The monoisotopic (exact) mass is 126 g/mol. The highest BCUT2D eigenvalue weighted by molar-refractivity contribution is 5.08. The summed E-state index contributed by atoms with van der Waals surface area (Å²) >= 11 is 0. The van der Waals surface area contributed by atoms with Crippen LogP contribution < -0.4 is 0 Å². The second-order valence-corrected chi connectivity index (χ2v) is 2.78. The van der Waals surface area contributed by atoms with Crippen LogP contribution in [0.15, 0.2) is 12.2 Å². The molecule has 1 nitrogen and oxygen atoms in total. The van der Waals surface area contributed by atoms with Gasteiger partial charge in [0.2, 0.25) is 0 Å². The Morgan fingerprint density at radius 2 is 2.44 bits per heavy atom. The largest absolute Gasteiger partial charge is 0.392 e. The second-order valence-electron chi connectivity index (χ2n) is 2.78. The van der Waals surface area contributed by atoms with E-state index in [9.17, 15) is 5.11 Å². The van der Waals surface area contributed by atoms with Gasteiger partial charge in [0.05, 0.1) is 6.10 Å². The van der Waals surface area contributed by atoms with Crippen molar-refractivity contribution in [3.8, 4) is 0 Å². The van der Waals surface area contributed by atoms with E-state index in [1.54, 1.807) is 0 Å². The summed E-state index contributed by atoms with van der Waals surface area (Å²) in [6.07, 6.45) is 2.90. The molecule has 0 spiro atoms. The van der Waals surface area contributed by atoms with E-state index in [1.165, 1.54) is 5.57 Å². The zero-order valence-electron chi connectivity index (χ0n) is 5.93. The van der Waals surface area contributed by atoms with Crippen LogP contribution in [0.2, 0.25) is 0 Å². The van der Waals surface area contributed by atoms with Gasteiger partial charge in [-0.15, -0.1) is 0 Å². The van der Waals surface area contributed by atoms with Crippen LogP contribution in [0, 0.1) is 5.92 Å². The Morgan fingerprint density at radius 3 is 2.67 bits per heavy atom. The van der Waals surface area contributed by atoms with Crippen molar-refractivity contribution < 1.29 is 5.11 Å². The van der Waals surface area contributed by atoms with Crippen molar-refractivity contribution in [1.29, 1.82) is 0 Å². The lowest BCUT2D eigenvalue weighted by Gasteiger charge is -2.11. The smallest absolute Gasteiger partial charge is 0.0608 e. The average molecular weight is 126 g/mol. The predicted octanol–water partition coefficient (Wildman–Crippen LogP) is 1.72. The van der Waals surface area contributed by atoms with Gasteiger partial charge in [-0.3, -0.25) is 0 Å². The summed E-state index contributed by atoms with van der Waals surface area (Å²) in [4.78, 5) is 0. The molecule has 1 aliphatic rings. The van der Waals surface area contributed by atoms with Crippen molar-refractivity contribution in [2.45, 2.75) is 32.3 Å². The molecule has 2 unspecified atom stereocenters. The fourth-order valence-electron chi connectivity index (χ4n) is 1.55. The first-order chi connectivity index (χ1) is 4.25. The van der Waals surface area contributed by atoms with Crippen LogP contribution in [-0.4, -0.2) is 11.2 Å². The molecule has 0 aliphatic heterocycles. The van der Waals surface area contributed by atoms with Crippen LogP contribution in [0.4, 0.5) is 0 Å². The summed E-state index contributed by atoms with van der Waals surface area (Å²) in [6.45, 7) is 6.00. The van der Waals surface area contributed by atoms with E-state index < -0.39 is 0 Å². The number of hydrogen-bond donors (Lipinski definition) is 1. The van der Waals surface area contributed by atoms with E-state index in [0.717, 1.165) is 19.3 Å². The molecule has 0 bridgehead atoms. The molecule has 1 aliphatic carbocycles. The summed E-state index contributed by atoms with van der Waals surface area (Å²) < 4.78 is 0. The molecular formula is C8H14O. The topological polar surface area (TPSA) is 20.2 Å². The van der Waals surface area contributed by atoms with Crippen molar-refractivity contribution in [3.63, 3.8) is 0 Å². The van der Waals surface area contributed by atoms with Gasteiger partial charge < -0.3 is 5.11 Å². The van der Waals surface area contributed by atoms with Gasteiger partial charge in [-0.2, -0.15) is 0 Å². The fourth-order valence-corrected chi connectivity index (χ4v) is 1.55. The van der Waals surface area contributed by atoms with Crippen LogP contribution in [0.3, 0.4) is 0 Å². The van der Waals surface area contributed by atoms with E-state index in [-0.39, 0.29) is 6.10 Å². The van der Waals surface area contributed by atoms with Crippen LogP contribution in [0.1, 0.15) is 26.2 Å². The highest BCUT2D eigenvalue weighted by atomic mass is 16.3. The van der Waals surface area contributed by atoms with Crippen molar-refractivity contribution in [3.05, 3.63) is 12.2 Å². The maximum absolute atomic E-state index is 9.30. The summed E-state index contributed by atoms with van der Waals surface area (Å²) in [6, 6.07) is 0. The normalized spacial score (nSPS) is 35.6. The minimum atomic E-state index is -0.0949. The highest BCUT2D eigenvalue weighted by Gasteiger charge is 2.26. The standard InChI is InChI=1S/C8H14O/c1-3-7-6(2)4-5-8(7)9/h7-9H,2-5H2,1H3. The lowest BCUT2D eigenvalue weighted by molar-refractivity contribution is 0.140. The minimum absolute atomic E-state index is 0.0949. The van der Waals surface area contributed by atoms with Crippen LogP contribution in [0.25, 0.3) is 0 Å². The summed E-state index contributed by atoms with van der Waals surface area (Å²) in [5, 5.41) is 9.30. The Kier molecular flexibility index (Phi) is 1.91. The average Bonchev–Trinajstić information content (AvgIpc) is 2.12. The predicted molar refractivity (Wildman–Crippen MR) is 38.2 cm³/mol. The number of hydrogen-bond acceptors (Lipinski definition) is 1. The maximum atomic E-state index is 9.30. The Morgan fingerprint density at radius 1 is 1.78 bits per heavy atom. The molecule has 1 rings (SSSR count). The van der Waals surface area contributed by atoms with Crippen molar-refractivity contribution >= 4 is 0 Å². The first kappa shape index (κ1) is 6.81. The van der Waals surface area contributed by atoms with Crippen molar-refractivity contribution in [2.24, 2.45) is 5.92 Å². The number of aliphatic hydroxyl groups excluding tert-OH is 1. The lowest BCUT2D eigenvalue weighted by Crippen LogP contribution is -2.12. The van der Waals surface area contributed by atoms with Gasteiger partial charge in [0.1, 0.15) is 0 Å². The SMILES string of the molecule is C=C1CCC(O)C1CC. The molecular weight excluding hydrogens is 112 g/mol. The molecule has 1 saturated carbocycles. The van der Waals surface area contributed by atoms with Gasteiger partial charge in [-0.05, 0) is 19.3 Å². The molecule has 1 heteroatoms. The number of aliphatic hydroxyl groups is 1. The van der Waals surface area contributed by atoms with E-state index in [0.29, 0.717) is 5.92 Å². The summed E-state index contributed by atoms with van der Waals surface area (Å²) in [7, 11) is 0. The van der Waals surface area contributed by atoms with Crippen LogP contribution in [0.5, 0.6) is 0 Å². The fraction of sp³-hybridized carbons (Fsp3) is 0.750. The maximum Gasteiger partial charge on any atom is 0.0608 e. The van der Waals surface area contributed by atoms with Gasteiger partial charge >= 0.3 is 0 Å². The molecule has 0 amide bonds. The first-order valence-electron chi connectivity index (χ1n) is 3.61. The molecule has 1 fully saturated rings. The van der Waals surface area contributed by atoms with Gasteiger partial charge in [0.15, 0.2) is 0 Å². The molecule has 0 saturated heterocycles. The van der Waals surface area contributed by atoms with E-state index in [1.807, 2.05) is 0 Å². The zero-order valence-corrected chi connectivity index (χ0v) is 5.93. The third kappa shape index (κ3) is 1.16. The quantitative estimate of drug-likeness (QED) is 0.530.